The molecule has 1 aromatic heterocycles. The van der Waals surface area contributed by atoms with Crippen molar-refractivity contribution in [3.05, 3.63) is 58.5 Å². The van der Waals surface area contributed by atoms with E-state index in [0.29, 0.717) is 5.75 Å². The van der Waals surface area contributed by atoms with Crippen LogP contribution < -0.4 is 10.3 Å². The highest BCUT2D eigenvalue weighted by Gasteiger charge is 2.06. The monoisotopic (exact) mass is 293 g/mol. The lowest BCUT2D eigenvalue weighted by atomic mass is 10.3. The molecule has 0 spiro atoms. The van der Waals surface area contributed by atoms with Crippen molar-refractivity contribution in [2.75, 3.05) is 6.26 Å². The molecule has 2 aromatic rings. The summed E-state index contributed by atoms with van der Waals surface area (Å²) in [4.78, 5) is 11.7. The molecule has 1 aromatic carbocycles. The van der Waals surface area contributed by atoms with Gasteiger partial charge in [-0.25, -0.2) is 8.42 Å². The first kappa shape index (κ1) is 14.3. The molecule has 106 valence electrons. The van der Waals surface area contributed by atoms with Gasteiger partial charge in [0, 0.05) is 25.6 Å². The lowest BCUT2D eigenvalue weighted by molar-refractivity contribution is 0.305. The summed E-state index contributed by atoms with van der Waals surface area (Å²) in [5.41, 5.74) is 0.666. The summed E-state index contributed by atoms with van der Waals surface area (Å²) in [5, 5.41) is 0. The lowest BCUT2D eigenvalue weighted by Crippen LogP contribution is -2.15. The van der Waals surface area contributed by atoms with E-state index in [0.717, 1.165) is 11.8 Å². The van der Waals surface area contributed by atoms with Crippen LogP contribution in [0.3, 0.4) is 0 Å². The average Bonchev–Trinajstić information content (AvgIpc) is 2.40. The second-order valence-corrected chi connectivity index (χ2v) is 6.53. The van der Waals surface area contributed by atoms with E-state index in [-0.39, 0.29) is 17.1 Å². The van der Waals surface area contributed by atoms with Gasteiger partial charge >= 0.3 is 0 Å². The number of nitrogens with zero attached hydrogens (tertiary/aromatic N) is 1. The van der Waals surface area contributed by atoms with Gasteiger partial charge in [0.25, 0.3) is 5.56 Å². The number of hydrogen-bond donors (Lipinski definition) is 0. The average molecular weight is 293 g/mol. The summed E-state index contributed by atoms with van der Waals surface area (Å²) < 4.78 is 29.6. The number of aryl methyl sites for hydroxylation is 1. The van der Waals surface area contributed by atoms with Crippen molar-refractivity contribution in [2.24, 2.45) is 7.05 Å². The Balaban J connectivity index is 2.07. The third kappa shape index (κ3) is 3.48. The second-order valence-electron chi connectivity index (χ2n) is 4.52. The first-order valence-electron chi connectivity index (χ1n) is 5.95. The van der Waals surface area contributed by atoms with Crippen LogP contribution in [0, 0.1) is 0 Å². The quantitative estimate of drug-likeness (QED) is 0.854. The van der Waals surface area contributed by atoms with Crippen molar-refractivity contribution >= 4 is 9.84 Å². The highest BCUT2D eigenvalue weighted by Crippen LogP contribution is 2.16. The Bertz CT molecular complexity index is 761. The molecule has 2 rings (SSSR count). The van der Waals surface area contributed by atoms with Gasteiger partial charge in [-0.15, -0.1) is 0 Å². The fraction of sp³-hybridized carbons (Fsp3) is 0.214. The first-order valence-corrected chi connectivity index (χ1v) is 7.84. The summed E-state index contributed by atoms with van der Waals surface area (Å²) in [6.45, 7) is 0.258. The summed E-state index contributed by atoms with van der Waals surface area (Å²) in [5.74, 6) is 0.554. The molecule has 1 heterocycles. The number of pyridine rings is 1. The second kappa shape index (κ2) is 5.50. The highest BCUT2D eigenvalue weighted by atomic mass is 32.2. The standard InChI is InChI=1S/C14H15NO4S/c1-15-8-7-11(9-14(15)16)10-19-12-3-5-13(6-4-12)20(2,17)18/h3-9H,10H2,1-2H3. The molecule has 0 unspecified atom stereocenters. The van der Waals surface area contributed by atoms with Crippen LogP contribution >= 0.6 is 0 Å². The molecule has 5 nitrogen and oxygen atoms in total. The van der Waals surface area contributed by atoms with Crippen molar-refractivity contribution in [1.29, 1.82) is 0 Å². The van der Waals surface area contributed by atoms with Crippen molar-refractivity contribution < 1.29 is 13.2 Å². The Morgan fingerprint density at radius 3 is 2.35 bits per heavy atom. The molecule has 0 amide bonds. The van der Waals surface area contributed by atoms with Crippen molar-refractivity contribution in [3.8, 4) is 5.75 Å². The van der Waals surface area contributed by atoms with E-state index in [9.17, 15) is 13.2 Å². The zero-order valence-corrected chi connectivity index (χ0v) is 12.1. The maximum Gasteiger partial charge on any atom is 0.250 e. The Morgan fingerprint density at radius 2 is 1.80 bits per heavy atom. The van der Waals surface area contributed by atoms with Gasteiger partial charge < -0.3 is 9.30 Å². The van der Waals surface area contributed by atoms with Gasteiger partial charge in [-0.2, -0.15) is 0 Å². The Hall–Kier alpha value is -2.08. The van der Waals surface area contributed by atoms with Gasteiger partial charge in [0.2, 0.25) is 0 Å². The number of aromatic nitrogens is 1. The lowest BCUT2D eigenvalue weighted by Gasteiger charge is -2.07. The SMILES string of the molecule is Cn1ccc(COc2ccc(S(C)(=O)=O)cc2)cc1=O. The fourth-order valence-electron chi connectivity index (χ4n) is 1.63. The molecule has 0 aliphatic heterocycles. The van der Waals surface area contributed by atoms with E-state index in [1.165, 1.54) is 22.8 Å². The van der Waals surface area contributed by atoms with Crippen LogP contribution in [0.2, 0.25) is 0 Å². The summed E-state index contributed by atoms with van der Waals surface area (Å²) in [6.07, 6.45) is 2.83. The summed E-state index contributed by atoms with van der Waals surface area (Å²) in [7, 11) is -1.52. The normalized spacial score (nSPS) is 11.3. The highest BCUT2D eigenvalue weighted by molar-refractivity contribution is 7.90. The Kier molecular flexibility index (Phi) is 3.94. The maximum absolute atomic E-state index is 11.4. The molecule has 0 aliphatic rings. The minimum absolute atomic E-state index is 0.0986. The topological polar surface area (TPSA) is 65.4 Å². The van der Waals surface area contributed by atoms with E-state index in [1.54, 1.807) is 31.4 Å². The summed E-state index contributed by atoms with van der Waals surface area (Å²) >= 11 is 0. The van der Waals surface area contributed by atoms with Crippen LogP contribution in [0.1, 0.15) is 5.56 Å². The minimum atomic E-state index is -3.20. The first-order chi connectivity index (χ1) is 9.36. The zero-order valence-electron chi connectivity index (χ0n) is 11.2. The van der Waals surface area contributed by atoms with Crippen molar-refractivity contribution in [1.82, 2.24) is 4.57 Å². The largest absolute Gasteiger partial charge is 0.489 e. The van der Waals surface area contributed by atoms with E-state index in [1.807, 2.05) is 0 Å². The van der Waals surface area contributed by atoms with Gasteiger partial charge in [0.15, 0.2) is 9.84 Å². The van der Waals surface area contributed by atoms with Crippen LogP contribution in [0.15, 0.2) is 52.3 Å². The Labute approximate surface area is 117 Å². The zero-order chi connectivity index (χ0) is 14.8. The smallest absolute Gasteiger partial charge is 0.250 e. The Morgan fingerprint density at radius 1 is 1.15 bits per heavy atom. The van der Waals surface area contributed by atoms with Gasteiger partial charge in [-0.1, -0.05) is 0 Å². The number of rotatable bonds is 4. The van der Waals surface area contributed by atoms with Gasteiger partial charge in [-0.05, 0) is 35.9 Å². The van der Waals surface area contributed by atoms with Gasteiger partial charge in [0.05, 0.1) is 4.90 Å². The number of sulfone groups is 1. The molecule has 0 fully saturated rings. The molecule has 0 aliphatic carbocycles. The van der Waals surface area contributed by atoms with Crippen molar-refractivity contribution in [3.63, 3.8) is 0 Å². The van der Waals surface area contributed by atoms with Crippen LogP contribution in [0.4, 0.5) is 0 Å². The maximum atomic E-state index is 11.4. The third-order valence-corrected chi connectivity index (χ3v) is 3.95. The molecule has 0 saturated heterocycles. The fourth-order valence-corrected chi connectivity index (χ4v) is 2.26. The van der Waals surface area contributed by atoms with Gasteiger partial charge in [-0.3, -0.25) is 4.79 Å². The summed E-state index contributed by atoms with van der Waals surface area (Å²) in [6, 6.07) is 9.48. The van der Waals surface area contributed by atoms with Crippen LogP contribution in [-0.2, 0) is 23.5 Å². The molecular formula is C14H15NO4S. The predicted octanol–water partition coefficient (Wildman–Crippen LogP) is 1.37. The van der Waals surface area contributed by atoms with E-state index < -0.39 is 9.84 Å². The molecule has 0 saturated carbocycles. The number of ether oxygens (including phenoxy) is 1. The van der Waals surface area contributed by atoms with Crippen LogP contribution in [-0.4, -0.2) is 19.2 Å². The molecule has 6 heteroatoms. The molecular weight excluding hydrogens is 278 g/mol. The molecule has 20 heavy (non-hydrogen) atoms. The number of benzene rings is 1. The molecule has 0 atom stereocenters. The van der Waals surface area contributed by atoms with Crippen LogP contribution in [0.25, 0.3) is 0 Å². The van der Waals surface area contributed by atoms with Crippen LogP contribution in [0.5, 0.6) is 5.75 Å². The molecule has 0 bridgehead atoms. The van der Waals surface area contributed by atoms with Crippen molar-refractivity contribution in [2.45, 2.75) is 11.5 Å². The molecule has 0 N–H and O–H groups in total. The third-order valence-electron chi connectivity index (χ3n) is 2.83. The van der Waals surface area contributed by atoms with E-state index >= 15 is 0 Å². The van der Waals surface area contributed by atoms with E-state index in [4.69, 9.17) is 4.74 Å². The molecule has 0 radical (unpaired) electrons. The van der Waals surface area contributed by atoms with E-state index in [2.05, 4.69) is 0 Å². The van der Waals surface area contributed by atoms with Gasteiger partial charge in [0.1, 0.15) is 12.4 Å². The minimum Gasteiger partial charge on any atom is -0.489 e. The number of hydrogen-bond acceptors (Lipinski definition) is 4. The predicted molar refractivity (Wildman–Crippen MR) is 75.6 cm³/mol.